The van der Waals surface area contributed by atoms with Crippen LogP contribution in [-0.4, -0.2) is 114 Å². The first-order chi connectivity index (χ1) is 22.6. The Kier molecular flexibility index (Phi) is 10.2. The van der Waals surface area contributed by atoms with Crippen LogP contribution in [-0.2, 0) is 9.59 Å². The summed E-state index contributed by atoms with van der Waals surface area (Å²) >= 11 is 0. The number of nitrogens with zero attached hydrogens (tertiary/aromatic N) is 6. The lowest BCUT2D eigenvalue weighted by Gasteiger charge is -2.41. The van der Waals surface area contributed by atoms with E-state index < -0.39 is 42.3 Å². The van der Waals surface area contributed by atoms with Gasteiger partial charge < -0.3 is 40.1 Å². The summed E-state index contributed by atoms with van der Waals surface area (Å²) in [4.78, 5) is 43.1. The summed E-state index contributed by atoms with van der Waals surface area (Å²) in [5, 5.41) is 34.5. The van der Waals surface area contributed by atoms with Crippen molar-refractivity contribution in [2.75, 3.05) is 63.6 Å². The number of hydrogen-bond donors (Lipinski definition) is 4. The lowest BCUT2D eigenvalue weighted by atomic mass is 9.70. The number of aliphatic hydroxyl groups is 2. The molecule has 0 saturated carbocycles. The maximum absolute atomic E-state index is 13.8. The van der Waals surface area contributed by atoms with Crippen molar-refractivity contribution in [2.24, 2.45) is 5.41 Å². The Hall–Kier alpha value is -4.82. The van der Waals surface area contributed by atoms with Crippen LogP contribution in [0.5, 0.6) is 11.6 Å². The highest BCUT2D eigenvalue weighted by molar-refractivity contribution is 6.10. The number of hydrogen-bond acceptors (Lipinski definition) is 14. The first kappa shape index (κ1) is 33.5. The van der Waals surface area contributed by atoms with Crippen LogP contribution >= 0.6 is 0 Å². The smallest absolute Gasteiger partial charge is 0.257 e. The van der Waals surface area contributed by atoms with E-state index in [2.05, 4.69) is 42.4 Å². The summed E-state index contributed by atoms with van der Waals surface area (Å²) in [6, 6.07) is 11.8. The Labute approximate surface area is 269 Å². The number of nitrogens with one attached hydrogen (secondary N) is 2. The number of rotatable bonds is 11. The molecular formula is C31H34F2N8O6. The third kappa shape index (κ3) is 6.98. The number of benzene rings is 1. The summed E-state index contributed by atoms with van der Waals surface area (Å²) in [6.45, 7) is 3.15. The van der Waals surface area contributed by atoms with Gasteiger partial charge in [-0.15, -0.1) is 0 Å². The lowest BCUT2D eigenvalue weighted by Crippen LogP contribution is -2.64. The molecule has 0 unspecified atom stereocenters. The van der Waals surface area contributed by atoms with E-state index in [4.69, 9.17) is 9.47 Å². The molecule has 4 N–H and O–H groups in total. The molecule has 0 radical (unpaired) electrons. The van der Waals surface area contributed by atoms with Gasteiger partial charge in [-0.3, -0.25) is 9.59 Å². The fraction of sp³-hybridized carbons (Fsp3) is 0.419. The van der Waals surface area contributed by atoms with Gasteiger partial charge in [-0.2, -0.15) is 10.2 Å². The predicted molar refractivity (Wildman–Crippen MR) is 165 cm³/mol. The van der Waals surface area contributed by atoms with Gasteiger partial charge in [0.15, 0.2) is 0 Å². The normalized spacial score (nSPS) is 19.3. The highest BCUT2D eigenvalue weighted by Gasteiger charge is 2.58. The Morgan fingerprint density at radius 1 is 1.09 bits per heavy atom. The Morgan fingerprint density at radius 2 is 1.81 bits per heavy atom. The number of nitriles is 1. The van der Waals surface area contributed by atoms with E-state index in [-0.39, 0.29) is 24.3 Å². The highest BCUT2D eigenvalue weighted by atomic mass is 19.1. The van der Waals surface area contributed by atoms with Gasteiger partial charge in [0.2, 0.25) is 17.4 Å². The second-order valence-electron chi connectivity index (χ2n) is 11.2. The number of carbonyl (C=O) groups excluding carboxylic acids is 2. The molecule has 2 aliphatic heterocycles. The van der Waals surface area contributed by atoms with Crippen molar-refractivity contribution in [3.05, 3.63) is 48.3 Å². The average molecular weight is 653 g/mol. The minimum absolute atomic E-state index is 0.0320. The first-order valence-corrected chi connectivity index (χ1v) is 14.8. The van der Waals surface area contributed by atoms with Gasteiger partial charge in [-0.25, -0.2) is 18.7 Å². The minimum atomic E-state index is -3.13. The SMILES string of the molecule is COc1nc(Nc2cc(-c3ccc(O[C@@H]4CCNCC4(C(=O)[C@@H](O)F)C(=O)[C@@H](O)F)c(C#N)c3)ncn2)ccc1N1CCN(C)CC1. The number of anilines is 3. The number of carbonyl (C=O) groups is 2. The molecule has 4 heterocycles. The Balaban J connectivity index is 1.38. The van der Waals surface area contributed by atoms with E-state index in [1.807, 2.05) is 18.2 Å². The highest BCUT2D eigenvalue weighted by Crippen LogP contribution is 2.37. The van der Waals surface area contributed by atoms with Crippen LogP contribution in [0, 0.1) is 16.7 Å². The number of aromatic nitrogens is 3. The van der Waals surface area contributed by atoms with Crippen molar-refractivity contribution in [1.29, 1.82) is 5.26 Å². The van der Waals surface area contributed by atoms with Crippen molar-refractivity contribution in [1.82, 2.24) is 25.2 Å². The first-order valence-electron chi connectivity index (χ1n) is 14.8. The fourth-order valence-corrected chi connectivity index (χ4v) is 5.76. The molecule has 0 bridgehead atoms. The summed E-state index contributed by atoms with van der Waals surface area (Å²) in [5.41, 5.74) is -0.821. The largest absolute Gasteiger partial charge is 0.487 e. The van der Waals surface area contributed by atoms with Crippen LogP contribution in [0.25, 0.3) is 11.3 Å². The third-order valence-electron chi connectivity index (χ3n) is 8.31. The van der Waals surface area contributed by atoms with Crippen LogP contribution in [0.4, 0.5) is 26.1 Å². The van der Waals surface area contributed by atoms with E-state index in [0.717, 1.165) is 31.9 Å². The molecule has 47 heavy (non-hydrogen) atoms. The molecule has 248 valence electrons. The topological polar surface area (TPSA) is 186 Å². The summed E-state index contributed by atoms with van der Waals surface area (Å²) < 4.78 is 39.1. The van der Waals surface area contributed by atoms with Crippen molar-refractivity contribution in [3.8, 4) is 29.0 Å². The van der Waals surface area contributed by atoms with E-state index >= 15 is 0 Å². The van der Waals surface area contributed by atoms with Crippen molar-refractivity contribution in [3.63, 3.8) is 0 Å². The number of ether oxygens (including phenoxy) is 2. The lowest BCUT2D eigenvalue weighted by molar-refractivity contribution is -0.169. The summed E-state index contributed by atoms with van der Waals surface area (Å²) in [5.74, 6) is -2.05. The van der Waals surface area contributed by atoms with E-state index in [9.17, 15) is 33.8 Å². The number of aliphatic hydroxyl groups excluding tert-OH is 2. The van der Waals surface area contributed by atoms with E-state index in [0.29, 0.717) is 28.8 Å². The van der Waals surface area contributed by atoms with Gasteiger partial charge >= 0.3 is 0 Å². The number of piperidine rings is 1. The number of likely N-dealkylation sites (N-methyl/N-ethyl adjacent to an activating group) is 1. The maximum atomic E-state index is 13.8. The number of alkyl halides is 2. The van der Waals surface area contributed by atoms with Gasteiger partial charge in [0.1, 0.15) is 47.0 Å². The molecule has 0 spiro atoms. The van der Waals surface area contributed by atoms with Gasteiger partial charge in [0.05, 0.1) is 18.4 Å². The zero-order chi connectivity index (χ0) is 33.7. The number of halogens is 2. The van der Waals surface area contributed by atoms with Gasteiger partial charge in [0, 0.05) is 44.4 Å². The standard InChI is InChI=1S/C31H34F2N8O6/c1-40-9-11-41(12-10-40)21-4-6-24(39-30(21)46-2)38-25-14-20(36-17-37-25)18-3-5-22(19(13-18)15-34)47-23-7-8-35-16-31(23,26(42)28(32)44)27(43)29(33)45/h3-6,13-14,17,23,28-29,35,44-45H,7-12,16H2,1-2H3,(H,36,37,38,39)/t23-,28-,29-/m1/s1. The van der Waals surface area contributed by atoms with Crippen molar-refractivity contribution >= 4 is 28.9 Å². The molecule has 3 atom stereocenters. The second-order valence-corrected chi connectivity index (χ2v) is 11.2. The van der Waals surface area contributed by atoms with Crippen LogP contribution in [0.3, 0.4) is 0 Å². The van der Waals surface area contributed by atoms with Crippen molar-refractivity contribution in [2.45, 2.75) is 25.2 Å². The molecular weight excluding hydrogens is 618 g/mol. The molecule has 16 heteroatoms. The molecule has 5 rings (SSSR count). The van der Waals surface area contributed by atoms with Crippen molar-refractivity contribution < 1.29 is 38.1 Å². The molecule has 2 fully saturated rings. The number of methoxy groups -OCH3 is 1. The quantitative estimate of drug-likeness (QED) is 0.218. The summed E-state index contributed by atoms with van der Waals surface area (Å²) in [7, 11) is 3.64. The fourth-order valence-electron chi connectivity index (χ4n) is 5.76. The zero-order valence-corrected chi connectivity index (χ0v) is 25.7. The maximum Gasteiger partial charge on any atom is 0.257 e. The molecule has 1 aromatic carbocycles. The molecule has 3 aromatic rings. The number of ketones is 2. The molecule has 2 aliphatic rings. The van der Waals surface area contributed by atoms with Crippen LogP contribution < -0.4 is 25.0 Å². The molecule has 0 aliphatic carbocycles. The Bertz CT molecular complexity index is 1640. The van der Waals surface area contributed by atoms with E-state index in [1.54, 1.807) is 19.2 Å². The van der Waals surface area contributed by atoms with Crippen LogP contribution in [0.2, 0.25) is 0 Å². The predicted octanol–water partition coefficient (Wildman–Crippen LogP) is 1.36. The third-order valence-corrected chi connectivity index (χ3v) is 8.31. The number of piperazine rings is 1. The monoisotopic (exact) mass is 652 g/mol. The molecule has 14 nitrogen and oxygen atoms in total. The van der Waals surface area contributed by atoms with Gasteiger partial charge in [0.25, 0.3) is 12.7 Å². The molecule has 0 amide bonds. The second kappa shape index (κ2) is 14.3. The minimum Gasteiger partial charge on any atom is -0.487 e. The molecule has 2 saturated heterocycles. The Morgan fingerprint density at radius 3 is 2.47 bits per heavy atom. The van der Waals surface area contributed by atoms with Crippen LogP contribution in [0.1, 0.15) is 12.0 Å². The zero-order valence-electron chi connectivity index (χ0n) is 25.7. The van der Waals surface area contributed by atoms with E-state index in [1.165, 1.54) is 18.5 Å². The van der Waals surface area contributed by atoms with Gasteiger partial charge in [-0.1, -0.05) is 0 Å². The van der Waals surface area contributed by atoms with Crippen LogP contribution in [0.15, 0.2) is 42.7 Å². The van der Waals surface area contributed by atoms with Gasteiger partial charge in [-0.05, 0) is 50.3 Å². The number of pyridine rings is 1. The summed E-state index contributed by atoms with van der Waals surface area (Å²) in [6.07, 6.45) is -6.53. The molecule has 2 aromatic heterocycles. The average Bonchev–Trinajstić information content (AvgIpc) is 3.08. The number of Topliss-reactive ketones (excluding diaryl/α,β-unsaturated/α-hetero) is 2.